The fourth-order valence-electron chi connectivity index (χ4n) is 1.76. The number of methoxy groups -OCH3 is 2. The van der Waals surface area contributed by atoms with E-state index in [1.807, 2.05) is 0 Å². The second-order valence-corrected chi connectivity index (χ2v) is 4.13. The first-order valence-electron chi connectivity index (χ1n) is 6.55. The van der Waals surface area contributed by atoms with E-state index in [9.17, 15) is 9.90 Å². The van der Waals surface area contributed by atoms with Gasteiger partial charge in [0.15, 0.2) is 5.78 Å². The van der Waals surface area contributed by atoms with Crippen LogP contribution in [-0.2, 0) is 0 Å². The normalized spacial score (nSPS) is 14.1. The molecule has 2 aromatic carbocycles. The molecule has 2 aromatic rings. The third-order valence-corrected chi connectivity index (χ3v) is 2.93. The first-order valence-corrected chi connectivity index (χ1v) is 6.05. The van der Waals surface area contributed by atoms with E-state index in [-0.39, 0.29) is 11.1 Å². The Morgan fingerprint density at radius 3 is 1.90 bits per heavy atom. The highest BCUT2D eigenvalue weighted by Gasteiger charge is 2.19. The molecule has 0 aromatic heterocycles. The zero-order valence-corrected chi connectivity index (χ0v) is 11.3. The van der Waals surface area contributed by atoms with Crippen LogP contribution in [0.25, 0.3) is 0 Å². The second-order valence-electron chi connectivity index (χ2n) is 4.13. The molecule has 0 amide bonds. The fraction of sp³-hybridized carbons (Fsp3) is 0.188. The number of ketones is 1. The van der Waals surface area contributed by atoms with Crippen LogP contribution in [0, 0.1) is 0 Å². The van der Waals surface area contributed by atoms with Crippen molar-refractivity contribution in [2.24, 2.45) is 0 Å². The van der Waals surface area contributed by atoms with Gasteiger partial charge in [-0.05, 0) is 42.0 Å². The highest BCUT2D eigenvalue weighted by atomic mass is 16.5. The fourth-order valence-corrected chi connectivity index (χ4v) is 1.76. The number of carbonyl (C=O) groups is 1. The Bertz CT molecular complexity index is 618. The molecule has 0 bridgehead atoms. The molecule has 1 atom stereocenters. The van der Waals surface area contributed by atoms with Crippen LogP contribution in [0.3, 0.4) is 0 Å². The van der Waals surface area contributed by atoms with Crippen molar-refractivity contribution in [3.63, 3.8) is 0 Å². The molecule has 0 saturated carbocycles. The van der Waals surface area contributed by atoms with E-state index >= 15 is 0 Å². The highest BCUT2D eigenvalue weighted by molar-refractivity contribution is 5.99. The van der Waals surface area contributed by atoms with Crippen molar-refractivity contribution >= 4 is 5.78 Å². The van der Waals surface area contributed by atoms with Crippen LogP contribution >= 0.6 is 0 Å². The minimum absolute atomic E-state index is 0.184. The molecule has 4 heteroatoms. The van der Waals surface area contributed by atoms with Gasteiger partial charge in [0.1, 0.15) is 17.6 Å². The van der Waals surface area contributed by atoms with Gasteiger partial charge in [-0.1, -0.05) is 12.1 Å². The van der Waals surface area contributed by atoms with Crippen LogP contribution < -0.4 is 9.47 Å². The maximum atomic E-state index is 12.3. The van der Waals surface area contributed by atoms with Gasteiger partial charge in [0.05, 0.1) is 15.6 Å². The Labute approximate surface area is 119 Å². The van der Waals surface area contributed by atoms with Crippen molar-refractivity contribution < 1.29 is 20.7 Å². The average Bonchev–Trinajstić information content (AvgIpc) is 2.54. The van der Waals surface area contributed by atoms with Gasteiger partial charge >= 0.3 is 0 Å². The molecular formula is C16H16O4. The zero-order valence-electron chi connectivity index (χ0n) is 12.3. The van der Waals surface area contributed by atoms with E-state index in [0.717, 1.165) is 0 Å². The monoisotopic (exact) mass is 273 g/mol. The van der Waals surface area contributed by atoms with E-state index < -0.39 is 11.9 Å². The predicted molar refractivity (Wildman–Crippen MR) is 75.3 cm³/mol. The molecule has 0 aliphatic heterocycles. The Morgan fingerprint density at radius 1 is 1.00 bits per heavy atom. The van der Waals surface area contributed by atoms with Crippen molar-refractivity contribution in [3.8, 4) is 11.5 Å². The number of hydrogen-bond acceptors (Lipinski definition) is 4. The van der Waals surface area contributed by atoms with Crippen LogP contribution in [0.15, 0.2) is 48.5 Å². The van der Waals surface area contributed by atoms with E-state index in [4.69, 9.17) is 10.8 Å². The van der Waals surface area contributed by atoms with Gasteiger partial charge in [-0.25, -0.2) is 0 Å². The quantitative estimate of drug-likeness (QED) is 0.851. The van der Waals surface area contributed by atoms with Gasteiger partial charge < -0.3 is 14.6 Å². The molecule has 0 aliphatic rings. The summed E-state index contributed by atoms with van der Waals surface area (Å²) in [6, 6.07) is 12.4. The summed E-state index contributed by atoms with van der Waals surface area (Å²) in [7, 11) is 3.04. The van der Waals surface area contributed by atoms with Gasteiger partial charge in [-0.15, -0.1) is 0 Å². The summed E-state index contributed by atoms with van der Waals surface area (Å²) in [6.07, 6.45) is -2.35. The molecule has 1 unspecified atom stereocenters. The van der Waals surface area contributed by atoms with Gasteiger partial charge in [-0.3, -0.25) is 4.79 Å². The first-order chi connectivity index (χ1) is 9.98. The summed E-state index contributed by atoms with van der Waals surface area (Å²) in [6.45, 7) is 0. The molecular weight excluding hydrogens is 256 g/mol. The zero-order chi connectivity index (χ0) is 15.5. The lowest BCUT2D eigenvalue weighted by molar-refractivity contribution is 0.0747. The summed E-state index contributed by atoms with van der Waals surface area (Å²) < 4.78 is 18.0. The first kappa shape index (κ1) is 12.7. The lowest BCUT2D eigenvalue weighted by Crippen LogP contribution is -2.12. The van der Waals surface area contributed by atoms with Crippen molar-refractivity contribution in [1.29, 1.82) is 0 Å². The molecule has 2 rings (SSSR count). The lowest BCUT2D eigenvalue weighted by Gasteiger charge is -2.11. The minimum atomic E-state index is -2.35. The Kier molecular flexibility index (Phi) is 3.94. The molecule has 0 radical (unpaired) electrons. The smallest absolute Gasteiger partial charge is 0.195 e. The van der Waals surface area contributed by atoms with Gasteiger partial charge in [0.25, 0.3) is 0 Å². The summed E-state index contributed by atoms with van der Waals surface area (Å²) >= 11 is 0. The van der Waals surface area contributed by atoms with Crippen molar-refractivity contribution in [2.45, 2.75) is 6.08 Å². The molecule has 0 spiro atoms. The third-order valence-electron chi connectivity index (χ3n) is 2.93. The Balaban J connectivity index is 2.29. The molecule has 1 N–H and O–H groups in total. The molecule has 0 heterocycles. The summed E-state index contributed by atoms with van der Waals surface area (Å²) in [4.78, 5) is 12.3. The largest absolute Gasteiger partial charge is 0.497 e. The molecule has 0 fully saturated rings. The summed E-state index contributed by atoms with van der Waals surface area (Å²) in [5.74, 6) is 0.492. The van der Waals surface area contributed by atoms with Crippen molar-refractivity contribution in [2.75, 3.05) is 14.2 Å². The Morgan fingerprint density at radius 2 is 1.45 bits per heavy atom. The third kappa shape index (κ3) is 2.97. The van der Waals surface area contributed by atoms with E-state index in [2.05, 4.69) is 0 Å². The van der Waals surface area contributed by atoms with Gasteiger partial charge in [0.2, 0.25) is 0 Å². The van der Waals surface area contributed by atoms with Crippen molar-refractivity contribution in [1.82, 2.24) is 0 Å². The topological polar surface area (TPSA) is 55.8 Å². The van der Waals surface area contributed by atoms with Crippen LogP contribution in [0.5, 0.6) is 11.5 Å². The maximum Gasteiger partial charge on any atom is 0.195 e. The number of ether oxygens (including phenoxy) is 2. The number of carbonyl (C=O) groups excluding carboxylic acids is 1. The van der Waals surface area contributed by atoms with E-state index in [0.29, 0.717) is 11.5 Å². The summed E-state index contributed by atoms with van der Waals surface area (Å²) in [5, 5.41) is 10.2. The molecule has 0 aliphatic carbocycles. The SMILES string of the molecule is [2H]C(O)(C(=O)c1ccc(OC)cc1)c1ccc(OC)cc1. The molecule has 4 nitrogen and oxygen atoms in total. The highest BCUT2D eigenvalue weighted by Crippen LogP contribution is 2.22. The number of aliphatic hydroxyl groups is 1. The minimum Gasteiger partial charge on any atom is -0.497 e. The average molecular weight is 273 g/mol. The number of rotatable bonds is 5. The van der Waals surface area contributed by atoms with Crippen LogP contribution in [0.4, 0.5) is 0 Å². The van der Waals surface area contributed by atoms with Crippen LogP contribution in [0.2, 0.25) is 0 Å². The second kappa shape index (κ2) is 6.21. The number of Topliss-reactive ketones (excluding diaryl/α,β-unsaturated/α-hetero) is 1. The predicted octanol–water partition coefficient (Wildman–Crippen LogP) is 2.62. The van der Waals surface area contributed by atoms with Gasteiger partial charge in [0, 0.05) is 5.56 Å². The summed E-state index contributed by atoms with van der Waals surface area (Å²) in [5.41, 5.74) is 0.424. The van der Waals surface area contributed by atoms with E-state index in [1.54, 1.807) is 24.3 Å². The number of benzene rings is 2. The molecule has 104 valence electrons. The van der Waals surface area contributed by atoms with Crippen LogP contribution in [0.1, 0.15) is 23.4 Å². The maximum absolute atomic E-state index is 12.3. The van der Waals surface area contributed by atoms with Gasteiger partial charge in [-0.2, -0.15) is 0 Å². The van der Waals surface area contributed by atoms with E-state index in [1.165, 1.54) is 38.5 Å². The molecule has 0 saturated heterocycles. The van der Waals surface area contributed by atoms with Crippen molar-refractivity contribution in [3.05, 3.63) is 59.7 Å². The lowest BCUT2D eigenvalue weighted by atomic mass is 10.00. The number of hydrogen-bond donors (Lipinski definition) is 1. The standard InChI is InChI=1S/C16H16O4/c1-19-13-7-3-11(4-8-13)15(17)16(18)12-5-9-14(20-2)10-6-12/h3-10,15,17H,1-2H3/i15D. The van der Waals surface area contributed by atoms with Crippen LogP contribution in [-0.4, -0.2) is 25.1 Å². The molecule has 20 heavy (non-hydrogen) atoms. The Hall–Kier alpha value is -2.33.